The molecule has 6 heteroatoms. The Kier molecular flexibility index (Phi) is 3.94. The number of thiazole rings is 1. The maximum atomic E-state index is 11.1. The highest BCUT2D eigenvalue weighted by molar-refractivity contribution is 7.22. The largest absolute Gasteiger partial charge is 0.478 e. The number of aromatic carboxylic acids is 1. The number of carboxylic acids is 1. The number of carboxylic acid groups (broad SMARTS) is 1. The van der Waals surface area contributed by atoms with Crippen molar-refractivity contribution in [2.45, 2.75) is 18.4 Å². The van der Waals surface area contributed by atoms with Gasteiger partial charge in [-0.25, -0.2) is 9.78 Å². The molecule has 2 aromatic carbocycles. The zero-order valence-electron chi connectivity index (χ0n) is 13.6. The third-order valence-electron chi connectivity index (χ3n) is 4.80. The summed E-state index contributed by atoms with van der Waals surface area (Å²) in [5.74, 6) is -0.928. The molecule has 0 aliphatic carbocycles. The third kappa shape index (κ3) is 2.99. The molecular formula is C19H18N2O3S. The van der Waals surface area contributed by atoms with Gasteiger partial charge in [0, 0.05) is 13.1 Å². The first-order valence-corrected chi connectivity index (χ1v) is 9.04. The molecule has 2 N–H and O–H groups in total. The highest BCUT2D eigenvalue weighted by atomic mass is 32.1. The highest BCUT2D eigenvalue weighted by Crippen LogP contribution is 2.37. The molecule has 0 saturated carbocycles. The van der Waals surface area contributed by atoms with E-state index >= 15 is 0 Å². The predicted molar refractivity (Wildman–Crippen MR) is 98.4 cm³/mol. The number of fused-ring (bicyclic) bond motifs is 1. The first-order valence-electron chi connectivity index (χ1n) is 8.22. The van der Waals surface area contributed by atoms with E-state index in [1.54, 1.807) is 18.2 Å². The Morgan fingerprint density at radius 1 is 1.12 bits per heavy atom. The maximum Gasteiger partial charge on any atom is 0.335 e. The van der Waals surface area contributed by atoms with Crippen LogP contribution in [0.25, 0.3) is 10.2 Å². The van der Waals surface area contributed by atoms with Crippen LogP contribution in [0.15, 0.2) is 48.5 Å². The summed E-state index contributed by atoms with van der Waals surface area (Å²) < 4.78 is 0.874. The van der Waals surface area contributed by atoms with Gasteiger partial charge in [-0.3, -0.25) is 0 Å². The van der Waals surface area contributed by atoms with Crippen molar-refractivity contribution in [3.8, 4) is 0 Å². The number of aliphatic hydroxyl groups is 1. The number of hydrogen-bond donors (Lipinski definition) is 2. The summed E-state index contributed by atoms with van der Waals surface area (Å²) >= 11 is 1.50. The second-order valence-corrected chi connectivity index (χ2v) is 7.38. The van der Waals surface area contributed by atoms with E-state index in [1.807, 2.05) is 30.3 Å². The summed E-state index contributed by atoms with van der Waals surface area (Å²) in [5, 5.41) is 20.9. The number of hydrogen-bond acceptors (Lipinski definition) is 5. The zero-order chi connectivity index (χ0) is 17.4. The summed E-state index contributed by atoms with van der Waals surface area (Å²) in [6.45, 7) is 1.44. The Balaban J connectivity index is 1.54. The van der Waals surface area contributed by atoms with Crippen LogP contribution >= 0.6 is 11.3 Å². The van der Waals surface area contributed by atoms with E-state index in [9.17, 15) is 9.90 Å². The molecule has 0 amide bonds. The average molecular weight is 354 g/mol. The van der Waals surface area contributed by atoms with Crippen LogP contribution in [0, 0.1) is 0 Å². The van der Waals surface area contributed by atoms with E-state index < -0.39 is 11.6 Å². The van der Waals surface area contributed by atoms with E-state index in [0.29, 0.717) is 12.8 Å². The topological polar surface area (TPSA) is 73.7 Å². The van der Waals surface area contributed by atoms with Gasteiger partial charge >= 0.3 is 5.97 Å². The molecule has 3 aromatic rings. The minimum Gasteiger partial charge on any atom is -0.478 e. The van der Waals surface area contributed by atoms with Crippen LogP contribution in [0.3, 0.4) is 0 Å². The Morgan fingerprint density at radius 2 is 1.84 bits per heavy atom. The molecule has 1 aromatic heterocycles. The molecule has 0 spiro atoms. The van der Waals surface area contributed by atoms with Gasteiger partial charge in [0.25, 0.3) is 0 Å². The van der Waals surface area contributed by atoms with E-state index in [0.717, 1.165) is 34.0 Å². The molecule has 0 radical (unpaired) electrons. The molecule has 2 heterocycles. The Morgan fingerprint density at radius 3 is 2.52 bits per heavy atom. The minimum absolute atomic E-state index is 0.278. The number of rotatable bonds is 3. The number of piperidine rings is 1. The molecule has 25 heavy (non-hydrogen) atoms. The molecule has 0 unspecified atom stereocenters. The van der Waals surface area contributed by atoms with Crippen LogP contribution in [0.2, 0.25) is 0 Å². The van der Waals surface area contributed by atoms with Crippen molar-refractivity contribution in [3.63, 3.8) is 0 Å². The van der Waals surface area contributed by atoms with Crippen molar-refractivity contribution < 1.29 is 15.0 Å². The van der Waals surface area contributed by atoms with Crippen LogP contribution in [0.1, 0.15) is 28.8 Å². The number of carbonyl (C=O) groups is 1. The first kappa shape index (κ1) is 16.1. The molecule has 1 aliphatic heterocycles. The van der Waals surface area contributed by atoms with Crippen molar-refractivity contribution in [2.24, 2.45) is 0 Å². The lowest BCUT2D eigenvalue weighted by Gasteiger charge is -2.38. The van der Waals surface area contributed by atoms with Gasteiger partial charge in [-0.1, -0.05) is 41.7 Å². The molecule has 0 bridgehead atoms. The predicted octanol–water partition coefficient (Wildman–Crippen LogP) is 3.48. The van der Waals surface area contributed by atoms with Gasteiger partial charge in [0.1, 0.15) is 0 Å². The van der Waals surface area contributed by atoms with Gasteiger partial charge in [0.05, 0.1) is 21.4 Å². The lowest BCUT2D eigenvalue weighted by atomic mass is 9.85. The summed E-state index contributed by atoms with van der Waals surface area (Å²) in [6, 6.07) is 14.8. The molecule has 5 nitrogen and oxygen atoms in total. The molecule has 128 valence electrons. The SMILES string of the molecule is O=C(O)c1ccc2nc(N3CCC(O)(c4ccccc4)CC3)sc2c1. The first-order chi connectivity index (χ1) is 12.0. The van der Waals surface area contributed by atoms with E-state index in [4.69, 9.17) is 5.11 Å². The molecular weight excluding hydrogens is 336 g/mol. The van der Waals surface area contributed by atoms with Gasteiger partial charge in [-0.2, -0.15) is 0 Å². The van der Waals surface area contributed by atoms with Crippen molar-refractivity contribution in [3.05, 3.63) is 59.7 Å². The summed E-state index contributed by atoms with van der Waals surface area (Å²) in [7, 11) is 0. The molecule has 4 rings (SSSR count). The average Bonchev–Trinajstić information content (AvgIpc) is 3.06. The summed E-state index contributed by atoms with van der Waals surface area (Å²) in [5.41, 5.74) is 1.27. The Labute approximate surface area is 149 Å². The second kappa shape index (κ2) is 6.13. The maximum absolute atomic E-state index is 11.1. The Hall–Kier alpha value is -2.44. The van der Waals surface area contributed by atoms with E-state index in [1.165, 1.54) is 11.3 Å². The van der Waals surface area contributed by atoms with Gasteiger partial charge in [0.15, 0.2) is 5.13 Å². The van der Waals surface area contributed by atoms with Crippen LogP contribution < -0.4 is 4.90 Å². The van der Waals surface area contributed by atoms with Crippen molar-refractivity contribution in [2.75, 3.05) is 18.0 Å². The van der Waals surface area contributed by atoms with Gasteiger partial charge in [-0.05, 0) is 36.6 Å². The molecule has 1 aliphatic rings. The number of aromatic nitrogens is 1. The lowest BCUT2D eigenvalue weighted by molar-refractivity contribution is 0.0118. The van der Waals surface area contributed by atoms with Crippen LogP contribution in [0.4, 0.5) is 5.13 Å². The zero-order valence-corrected chi connectivity index (χ0v) is 14.4. The van der Waals surface area contributed by atoms with Crippen molar-refractivity contribution in [1.29, 1.82) is 0 Å². The summed E-state index contributed by atoms with van der Waals surface area (Å²) in [4.78, 5) is 17.9. The number of nitrogens with zero attached hydrogens (tertiary/aromatic N) is 2. The van der Waals surface area contributed by atoms with Gasteiger partial charge < -0.3 is 15.1 Å². The highest BCUT2D eigenvalue weighted by Gasteiger charge is 2.34. The molecule has 1 saturated heterocycles. The van der Waals surface area contributed by atoms with Gasteiger partial charge in [0.2, 0.25) is 0 Å². The normalized spacial score (nSPS) is 16.9. The van der Waals surface area contributed by atoms with E-state index in [-0.39, 0.29) is 5.56 Å². The van der Waals surface area contributed by atoms with Crippen molar-refractivity contribution >= 4 is 32.7 Å². The summed E-state index contributed by atoms with van der Waals surface area (Å²) in [6.07, 6.45) is 1.29. The molecule has 1 fully saturated rings. The van der Waals surface area contributed by atoms with Gasteiger partial charge in [-0.15, -0.1) is 0 Å². The minimum atomic E-state index is -0.928. The quantitative estimate of drug-likeness (QED) is 0.753. The fourth-order valence-electron chi connectivity index (χ4n) is 3.29. The Bertz CT molecular complexity index is 915. The number of anilines is 1. The van der Waals surface area contributed by atoms with E-state index in [2.05, 4.69) is 9.88 Å². The lowest BCUT2D eigenvalue weighted by Crippen LogP contribution is -2.42. The van der Waals surface area contributed by atoms with Crippen LogP contribution in [-0.4, -0.2) is 34.3 Å². The van der Waals surface area contributed by atoms with Crippen molar-refractivity contribution in [1.82, 2.24) is 4.98 Å². The van der Waals surface area contributed by atoms with Crippen LogP contribution in [-0.2, 0) is 5.60 Å². The van der Waals surface area contributed by atoms with Crippen LogP contribution in [0.5, 0.6) is 0 Å². The fourth-order valence-corrected chi connectivity index (χ4v) is 4.34. The third-order valence-corrected chi connectivity index (χ3v) is 5.88. The smallest absolute Gasteiger partial charge is 0.335 e. The number of benzene rings is 2. The standard InChI is InChI=1S/C19H18N2O3S/c22-17(23)13-6-7-15-16(12-13)25-18(20-15)21-10-8-19(24,9-11-21)14-4-2-1-3-5-14/h1-7,12,24H,8-11H2,(H,22,23). The fraction of sp³-hybridized carbons (Fsp3) is 0.263. The monoisotopic (exact) mass is 354 g/mol. The molecule has 0 atom stereocenters. The second-order valence-electron chi connectivity index (χ2n) is 6.37.